The van der Waals surface area contributed by atoms with Gasteiger partial charge >= 0.3 is 0 Å². The van der Waals surface area contributed by atoms with Gasteiger partial charge in [-0.2, -0.15) is 5.10 Å². The first-order chi connectivity index (χ1) is 16.7. The number of amides is 1. The van der Waals surface area contributed by atoms with Crippen molar-refractivity contribution in [3.8, 4) is 17.1 Å². The number of rotatable bonds is 7. The van der Waals surface area contributed by atoms with Crippen LogP contribution in [0, 0.1) is 0 Å². The van der Waals surface area contributed by atoms with Crippen LogP contribution in [0.25, 0.3) is 11.4 Å². The summed E-state index contributed by atoms with van der Waals surface area (Å²) in [5, 5.41) is 20.3. The second-order valence-corrected chi connectivity index (χ2v) is 6.54. The second-order valence-electron chi connectivity index (χ2n) is 6.54. The molecule has 3 N–H and O–H groups in total. The number of hydrogen-bond donors (Lipinski definition) is 3. The Bertz CT molecular complexity index is 1340. The van der Waals surface area contributed by atoms with E-state index in [-0.39, 0.29) is 17.2 Å². The van der Waals surface area contributed by atoms with Crippen LogP contribution in [0.15, 0.2) is 55.0 Å². The lowest BCUT2D eigenvalue weighted by molar-refractivity contribution is 0.0958. The summed E-state index contributed by atoms with van der Waals surface area (Å²) in [5.41, 5.74) is 1.21. The molecule has 4 aromatic rings. The first kappa shape index (κ1) is 17.2. The van der Waals surface area contributed by atoms with Gasteiger partial charge in [-0.15, -0.1) is 10.2 Å². The third-order valence-electron chi connectivity index (χ3n) is 4.37. The summed E-state index contributed by atoms with van der Waals surface area (Å²) in [4.78, 5) is 21.2. The van der Waals surface area contributed by atoms with Crippen molar-refractivity contribution in [2.45, 2.75) is 0 Å². The number of aryl methyl sites for hydroxylation is 1. The average molecular weight is 434 g/mol. The number of pyridine rings is 1. The van der Waals surface area contributed by atoms with Crippen LogP contribution in [0.5, 0.6) is 5.75 Å². The SMILES string of the molecule is [2H]C([2H])([2H])NC(=O)c1nnc(Nc2ccccc2)cc1Nc1nccc(-c2ncn(C)n2)c1OC. The van der Waals surface area contributed by atoms with E-state index in [0.29, 0.717) is 23.0 Å². The Labute approximate surface area is 188 Å². The highest BCUT2D eigenvalue weighted by molar-refractivity contribution is 5.98. The van der Waals surface area contributed by atoms with Crippen molar-refractivity contribution in [2.24, 2.45) is 7.05 Å². The van der Waals surface area contributed by atoms with Crippen molar-refractivity contribution in [1.82, 2.24) is 35.3 Å². The first-order valence-corrected chi connectivity index (χ1v) is 9.42. The van der Waals surface area contributed by atoms with Gasteiger partial charge in [0.25, 0.3) is 5.91 Å². The van der Waals surface area contributed by atoms with E-state index in [1.807, 2.05) is 35.6 Å². The Hall–Kier alpha value is -4.54. The van der Waals surface area contributed by atoms with Crippen LogP contribution in [-0.4, -0.2) is 49.9 Å². The predicted octanol–water partition coefficient (Wildman–Crippen LogP) is 2.52. The Morgan fingerprint density at radius 1 is 1.12 bits per heavy atom. The van der Waals surface area contributed by atoms with Crippen LogP contribution in [0.3, 0.4) is 0 Å². The van der Waals surface area contributed by atoms with Gasteiger partial charge in [-0.25, -0.2) is 9.97 Å². The number of carbonyl (C=O) groups is 1. The van der Waals surface area contributed by atoms with E-state index in [1.165, 1.54) is 19.4 Å². The van der Waals surface area contributed by atoms with Crippen molar-refractivity contribution in [3.63, 3.8) is 0 Å². The summed E-state index contributed by atoms with van der Waals surface area (Å²) < 4.78 is 29.2. The Morgan fingerprint density at radius 2 is 1.97 bits per heavy atom. The number of carbonyl (C=O) groups excluding carboxylic acids is 1. The van der Waals surface area contributed by atoms with Crippen LogP contribution in [0.4, 0.5) is 23.0 Å². The van der Waals surface area contributed by atoms with Gasteiger partial charge < -0.3 is 20.7 Å². The lowest BCUT2D eigenvalue weighted by atomic mass is 10.2. The summed E-state index contributed by atoms with van der Waals surface area (Å²) >= 11 is 0. The second kappa shape index (κ2) is 9.08. The third-order valence-corrected chi connectivity index (χ3v) is 4.37. The fraction of sp³-hybridized carbons (Fsp3) is 0.143. The Balaban J connectivity index is 1.75. The van der Waals surface area contributed by atoms with Crippen LogP contribution in [0.1, 0.15) is 14.6 Å². The maximum absolute atomic E-state index is 12.7. The standard InChI is InChI=1S/C21H21N9O2/c1-22-21(31)17-15(11-16(27-28-17)25-13-7-5-4-6-8-13)26-20-18(32-3)14(9-10-23-20)19-24-12-30(2)29-19/h4-12H,1-3H3,(H,22,31)(H2,23,25,26,27)/i1D3. The molecule has 3 aromatic heterocycles. The molecule has 0 saturated heterocycles. The maximum atomic E-state index is 12.7. The number of nitrogens with zero attached hydrogens (tertiary/aromatic N) is 6. The van der Waals surface area contributed by atoms with Crippen molar-refractivity contribution in [2.75, 3.05) is 24.7 Å². The lowest BCUT2D eigenvalue weighted by Gasteiger charge is -2.15. The average Bonchev–Trinajstić information content (AvgIpc) is 3.24. The van der Waals surface area contributed by atoms with E-state index in [9.17, 15) is 4.79 Å². The van der Waals surface area contributed by atoms with E-state index in [0.717, 1.165) is 5.69 Å². The van der Waals surface area contributed by atoms with Gasteiger partial charge in [-0.1, -0.05) is 18.2 Å². The van der Waals surface area contributed by atoms with Gasteiger partial charge in [0.2, 0.25) is 0 Å². The number of benzene rings is 1. The normalized spacial score (nSPS) is 12.2. The Kier molecular flexibility index (Phi) is 4.87. The summed E-state index contributed by atoms with van der Waals surface area (Å²) in [7, 11) is 3.20. The molecular formula is C21H21N9O2. The topological polar surface area (TPSA) is 132 Å². The molecule has 0 radical (unpaired) electrons. The van der Waals surface area contributed by atoms with Crippen LogP contribution in [-0.2, 0) is 7.05 Å². The fourth-order valence-electron chi connectivity index (χ4n) is 2.95. The van der Waals surface area contributed by atoms with Crippen molar-refractivity contribution >= 4 is 28.9 Å². The van der Waals surface area contributed by atoms with Crippen LogP contribution in [0.2, 0.25) is 0 Å². The fourth-order valence-corrected chi connectivity index (χ4v) is 2.95. The van der Waals surface area contributed by atoms with Crippen molar-refractivity contribution in [1.29, 1.82) is 0 Å². The molecule has 4 rings (SSSR count). The summed E-state index contributed by atoms with van der Waals surface area (Å²) in [5.74, 6) is 0.335. The zero-order chi connectivity index (χ0) is 25.0. The highest BCUT2D eigenvalue weighted by atomic mass is 16.5. The Morgan fingerprint density at radius 3 is 2.69 bits per heavy atom. The van der Waals surface area contributed by atoms with Crippen LogP contribution < -0.4 is 20.7 Å². The maximum Gasteiger partial charge on any atom is 0.273 e. The lowest BCUT2D eigenvalue weighted by Crippen LogP contribution is -2.21. The molecule has 0 atom stereocenters. The van der Waals surface area contributed by atoms with E-state index < -0.39 is 12.9 Å². The molecule has 11 nitrogen and oxygen atoms in total. The van der Waals surface area contributed by atoms with E-state index in [1.54, 1.807) is 24.1 Å². The van der Waals surface area contributed by atoms with Gasteiger partial charge in [0.1, 0.15) is 6.33 Å². The molecule has 0 bridgehead atoms. The van der Waals surface area contributed by atoms with Crippen LogP contribution >= 0.6 is 0 Å². The molecule has 0 fully saturated rings. The minimum Gasteiger partial charge on any atom is -0.492 e. The highest BCUT2D eigenvalue weighted by Crippen LogP contribution is 2.35. The molecule has 0 saturated carbocycles. The molecule has 0 aliphatic heterocycles. The molecule has 0 unspecified atom stereocenters. The summed E-state index contributed by atoms with van der Waals surface area (Å²) in [6.45, 7) is -2.71. The number of aromatic nitrogens is 6. The molecule has 1 amide bonds. The summed E-state index contributed by atoms with van der Waals surface area (Å²) in [6, 6.07) is 12.4. The van der Waals surface area contributed by atoms with E-state index in [4.69, 9.17) is 8.85 Å². The van der Waals surface area contributed by atoms with Gasteiger partial charge in [-0.05, 0) is 18.2 Å². The monoisotopic (exact) mass is 434 g/mol. The molecule has 11 heteroatoms. The molecule has 32 heavy (non-hydrogen) atoms. The molecule has 1 aromatic carbocycles. The largest absolute Gasteiger partial charge is 0.492 e. The number of anilines is 4. The zero-order valence-electron chi connectivity index (χ0n) is 20.2. The van der Waals surface area contributed by atoms with Crippen molar-refractivity contribution in [3.05, 3.63) is 60.7 Å². The smallest absolute Gasteiger partial charge is 0.273 e. The van der Waals surface area contributed by atoms with Crippen molar-refractivity contribution < 1.29 is 13.6 Å². The molecular weight excluding hydrogens is 410 g/mol. The van der Waals surface area contributed by atoms with E-state index >= 15 is 0 Å². The van der Waals surface area contributed by atoms with Gasteiger partial charge in [0.05, 0.1) is 18.4 Å². The summed E-state index contributed by atoms with van der Waals surface area (Å²) in [6.07, 6.45) is 3.07. The quantitative estimate of drug-likeness (QED) is 0.401. The van der Waals surface area contributed by atoms with E-state index in [2.05, 4.69) is 35.9 Å². The predicted molar refractivity (Wildman–Crippen MR) is 119 cm³/mol. The molecule has 0 aliphatic carbocycles. The molecule has 3 heterocycles. The molecule has 162 valence electrons. The minimum atomic E-state index is -2.71. The number of para-hydroxylation sites is 1. The number of ether oxygens (including phenoxy) is 1. The van der Waals surface area contributed by atoms with Gasteiger partial charge in [0, 0.05) is 36.1 Å². The highest BCUT2D eigenvalue weighted by Gasteiger charge is 2.20. The molecule has 0 aliphatic rings. The number of methoxy groups -OCH3 is 1. The van der Waals surface area contributed by atoms with Gasteiger partial charge in [0.15, 0.2) is 28.9 Å². The van der Waals surface area contributed by atoms with Gasteiger partial charge in [-0.3, -0.25) is 9.48 Å². The first-order valence-electron chi connectivity index (χ1n) is 10.9. The number of nitrogens with one attached hydrogen (secondary N) is 3. The zero-order valence-corrected chi connectivity index (χ0v) is 17.2. The minimum absolute atomic E-state index is 0.150. The number of hydrogen-bond acceptors (Lipinski definition) is 9. The molecule has 0 spiro atoms. The third kappa shape index (κ3) is 4.31.